The maximum Gasteiger partial charge on any atom is 0.227 e. The molecule has 0 spiro atoms. The van der Waals surface area contributed by atoms with Gasteiger partial charge in [-0.25, -0.2) is 8.78 Å². The zero-order valence-electron chi connectivity index (χ0n) is 24.0. The molecule has 1 N–H and O–H groups in total. The van der Waals surface area contributed by atoms with E-state index in [1.54, 1.807) is 0 Å². The maximum absolute atomic E-state index is 14.4. The smallest absolute Gasteiger partial charge is 0.227 e. The third-order valence-electron chi connectivity index (χ3n) is 9.37. The van der Waals surface area contributed by atoms with E-state index in [-0.39, 0.29) is 35.8 Å². The number of benzene rings is 3. The fourth-order valence-electron chi connectivity index (χ4n) is 6.79. The number of hydrogen-bond donors (Lipinski definition) is 1. The molecule has 0 unspecified atom stereocenters. The van der Waals surface area contributed by atoms with Gasteiger partial charge in [0, 0.05) is 18.5 Å². The number of ether oxygens (including phenoxy) is 2. The standard InChI is InChI=1S/C34H37ClF2N2O3/c1-20-4-3-5-23(21(20)2)19-39(25-8-9-25)34(40)31-27(16-24-17-38-18-28(24)31)22-6-10-26(11-7-22)41-14-15-42-33-30(37)13-12-29(36)32(33)35/h3-7,10-13,24-25,27-28,31,38H,8-9,14-19H2,1-2H3/t24-,27+,28+,31-/m0/s1. The third-order valence-corrected chi connectivity index (χ3v) is 9.72. The minimum atomic E-state index is -0.737. The monoisotopic (exact) mass is 594 g/mol. The number of halogens is 3. The second-order valence-corrected chi connectivity index (χ2v) is 12.3. The van der Waals surface area contributed by atoms with Gasteiger partial charge in [0.1, 0.15) is 29.8 Å². The molecule has 1 amide bonds. The first-order chi connectivity index (χ1) is 20.3. The number of fused-ring (bicyclic) bond motifs is 1. The summed E-state index contributed by atoms with van der Waals surface area (Å²) in [7, 11) is 0. The van der Waals surface area contributed by atoms with Crippen molar-refractivity contribution in [1.29, 1.82) is 0 Å². The number of carbonyl (C=O) groups is 1. The average molecular weight is 595 g/mol. The molecule has 3 aromatic carbocycles. The molecule has 4 atom stereocenters. The Morgan fingerprint density at radius 3 is 2.48 bits per heavy atom. The highest BCUT2D eigenvalue weighted by molar-refractivity contribution is 6.32. The van der Waals surface area contributed by atoms with E-state index in [1.807, 2.05) is 12.1 Å². The molecule has 8 heteroatoms. The first-order valence-electron chi connectivity index (χ1n) is 14.9. The molecule has 3 aliphatic rings. The molecule has 222 valence electrons. The fraction of sp³-hybridized carbons (Fsp3) is 0.441. The van der Waals surface area contributed by atoms with E-state index in [0.717, 1.165) is 50.0 Å². The van der Waals surface area contributed by atoms with Gasteiger partial charge in [-0.15, -0.1) is 0 Å². The predicted molar refractivity (Wildman–Crippen MR) is 159 cm³/mol. The van der Waals surface area contributed by atoms with Crippen LogP contribution in [0.5, 0.6) is 11.5 Å². The minimum Gasteiger partial charge on any atom is -0.490 e. The number of hydrogen-bond acceptors (Lipinski definition) is 4. The molecule has 3 fully saturated rings. The van der Waals surface area contributed by atoms with Crippen molar-refractivity contribution in [2.75, 3.05) is 26.3 Å². The summed E-state index contributed by atoms with van der Waals surface area (Å²) in [6.07, 6.45) is 3.15. The molecule has 1 aliphatic heterocycles. The van der Waals surface area contributed by atoms with Crippen molar-refractivity contribution in [3.05, 3.63) is 93.5 Å². The summed E-state index contributed by atoms with van der Waals surface area (Å²) < 4.78 is 38.7. The average Bonchev–Trinajstić information content (AvgIpc) is 3.61. The first-order valence-corrected chi connectivity index (χ1v) is 15.2. The molecule has 42 heavy (non-hydrogen) atoms. The molecule has 0 radical (unpaired) electrons. The van der Waals surface area contributed by atoms with Crippen LogP contribution in [0.4, 0.5) is 8.78 Å². The molecule has 6 rings (SSSR count). The van der Waals surface area contributed by atoms with E-state index >= 15 is 0 Å². The van der Waals surface area contributed by atoms with Crippen molar-refractivity contribution in [2.45, 2.75) is 51.6 Å². The molecule has 1 saturated heterocycles. The lowest BCUT2D eigenvalue weighted by atomic mass is 9.83. The van der Waals surface area contributed by atoms with Crippen LogP contribution in [0, 0.1) is 43.2 Å². The Hall–Kier alpha value is -3.16. The highest BCUT2D eigenvalue weighted by atomic mass is 35.5. The van der Waals surface area contributed by atoms with Gasteiger partial charge in [-0.1, -0.05) is 41.9 Å². The van der Waals surface area contributed by atoms with Gasteiger partial charge in [0.15, 0.2) is 11.6 Å². The SMILES string of the molecule is Cc1cccc(CN(C(=O)[C@@H]2[C@@H]3CNC[C@@H]3C[C@@H]2c2ccc(OCCOc3c(F)ccc(F)c3Cl)cc2)C2CC2)c1C. The summed E-state index contributed by atoms with van der Waals surface area (Å²) in [5.41, 5.74) is 4.92. The second-order valence-electron chi connectivity index (χ2n) is 11.9. The highest BCUT2D eigenvalue weighted by Gasteiger charge is 2.51. The van der Waals surface area contributed by atoms with Gasteiger partial charge >= 0.3 is 0 Å². The van der Waals surface area contributed by atoms with Gasteiger partial charge in [-0.3, -0.25) is 4.79 Å². The van der Waals surface area contributed by atoms with Gasteiger partial charge in [0.25, 0.3) is 0 Å². The summed E-state index contributed by atoms with van der Waals surface area (Å²) in [5, 5.41) is 3.16. The van der Waals surface area contributed by atoms with E-state index in [4.69, 9.17) is 21.1 Å². The Labute approximate surface area is 251 Å². The predicted octanol–water partition coefficient (Wildman–Crippen LogP) is 6.82. The lowest BCUT2D eigenvalue weighted by Gasteiger charge is -2.32. The number of amides is 1. The van der Waals surface area contributed by atoms with E-state index in [2.05, 4.69) is 54.4 Å². The third kappa shape index (κ3) is 5.86. The highest BCUT2D eigenvalue weighted by Crippen LogP contribution is 2.50. The number of carbonyl (C=O) groups excluding carboxylic acids is 1. The van der Waals surface area contributed by atoms with Gasteiger partial charge in [0.2, 0.25) is 5.91 Å². The summed E-state index contributed by atoms with van der Waals surface area (Å²) >= 11 is 5.83. The van der Waals surface area contributed by atoms with Gasteiger partial charge in [-0.05, 0) is 110 Å². The maximum atomic E-state index is 14.4. The molecular weight excluding hydrogens is 558 g/mol. The zero-order chi connectivity index (χ0) is 29.4. The summed E-state index contributed by atoms with van der Waals surface area (Å²) in [4.78, 5) is 16.6. The van der Waals surface area contributed by atoms with Crippen molar-refractivity contribution < 1.29 is 23.0 Å². The fourth-order valence-corrected chi connectivity index (χ4v) is 7.00. The van der Waals surface area contributed by atoms with Crippen LogP contribution < -0.4 is 14.8 Å². The van der Waals surface area contributed by atoms with E-state index in [0.29, 0.717) is 36.1 Å². The van der Waals surface area contributed by atoms with Crippen molar-refractivity contribution in [1.82, 2.24) is 10.2 Å². The Morgan fingerprint density at radius 2 is 1.71 bits per heavy atom. The van der Waals surface area contributed by atoms with Crippen molar-refractivity contribution >= 4 is 17.5 Å². The largest absolute Gasteiger partial charge is 0.490 e. The number of nitrogens with one attached hydrogen (secondary N) is 1. The molecule has 1 heterocycles. The van der Waals surface area contributed by atoms with E-state index < -0.39 is 11.6 Å². The quantitative estimate of drug-likeness (QED) is 0.207. The molecule has 3 aromatic rings. The first kappa shape index (κ1) is 28.9. The van der Waals surface area contributed by atoms with Gasteiger partial charge in [0.05, 0.1) is 0 Å². The van der Waals surface area contributed by atoms with Gasteiger partial charge < -0.3 is 19.7 Å². The molecule has 0 bridgehead atoms. The van der Waals surface area contributed by atoms with Crippen LogP contribution in [-0.2, 0) is 11.3 Å². The van der Waals surface area contributed by atoms with Crippen molar-refractivity contribution in [3.8, 4) is 11.5 Å². The molecule has 5 nitrogen and oxygen atoms in total. The summed E-state index contributed by atoms with van der Waals surface area (Å²) in [5.74, 6) is 0.0987. The number of aryl methyl sites for hydroxylation is 1. The van der Waals surface area contributed by atoms with Crippen LogP contribution in [0.15, 0.2) is 54.6 Å². The van der Waals surface area contributed by atoms with Crippen LogP contribution >= 0.6 is 11.6 Å². The van der Waals surface area contributed by atoms with Crippen LogP contribution in [0.25, 0.3) is 0 Å². The Balaban J connectivity index is 1.14. The van der Waals surface area contributed by atoms with Crippen molar-refractivity contribution in [2.24, 2.45) is 17.8 Å². The summed E-state index contributed by atoms with van der Waals surface area (Å²) in [6, 6.07) is 16.6. The van der Waals surface area contributed by atoms with Gasteiger partial charge in [-0.2, -0.15) is 0 Å². The number of nitrogens with zero attached hydrogens (tertiary/aromatic N) is 1. The van der Waals surface area contributed by atoms with Crippen molar-refractivity contribution in [3.63, 3.8) is 0 Å². The lowest BCUT2D eigenvalue weighted by Crippen LogP contribution is -2.41. The normalized spacial score (nSPS) is 23.1. The Bertz CT molecular complexity index is 1450. The lowest BCUT2D eigenvalue weighted by molar-refractivity contribution is -0.138. The van der Waals surface area contributed by atoms with Crippen LogP contribution in [0.2, 0.25) is 5.02 Å². The summed E-state index contributed by atoms with van der Waals surface area (Å²) in [6.45, 7) is 6.95. The van der Waals surface area contributed by atoms with E-state index in [1.165, 1.54) is 16.7 Å². The zero-order valence-corrected chi connectivity index (χ0v) is 24.8. The minimum absolute atomic E-state index is 0.00875. The van der Waals surface area contributed by atoms with E-state index in [9.17, 15) is 13.6 Å². The molecular formula is C34H37ClF2N2O3. The second kappa shape index (κ2) is 12.2. The Kier molecular flexibility index (Phi) is 8.42. The Morgan fingerprint density at radius 1 is 0.976 bits per heavy atom. The van der Waals surface area contributed by atoms with Crippen LogP contribution in [-0.4, -0.2) is 43.2 Å². The molecule has 2 saturated carbocycles. The number of rotatable bonds is 10. The topological polar surface area (TPSA) is 50.8 Å². The molecule has 0 aromatic heterocycles. The molecule has 2 aliphatic carbocycles. The van der Waals surface area contributed by atoms with Crippen LogP contribution in [0.1, 0.15) is 47.4 Å². The van der Waals surface area contributed by atoms with Crippen LogP contribution in [0.3, 0.4) is 0 Å².